The number of ether oxygens (including phenoxy) is 1. The fourth-order valence-corrected chi connectivity index (χ4v) is 2.24. The third kappa shape index (κ3) is 4.71. The van der Waals surface area contributed by atoms with Crippen LogP contribution < -0.4 is 15.4 Å². The molecule has 0 heterocycles. The first-order chi connectivity index (χ1) is 12.4. The maximum Gasteiger partial charge on any atom is 0.267 e. The van der Waals surface area contributed by atoms with Gasteiger partial charge in [-0.3, -0.25) is 9.59 Å². The van der Waals surface area contributed by atoms with Crippen LogP contribution >= 0.6 is 0 Å². The van der Waals surface area contributed by atoms with Crippen LogP contribution in [0.3, 0.4) is 0 Å². The number of rotatable bonds is 6. The summed E-state index contributed by atoms with van der Waals surface area (Å²) < 4.78 is 5.21. The van der Waals surface area contributed by atoms with Gasteiger partial charge in [0.2, 0.25) is 0 Å². The van der Waals surface area contributed by atoms with Crippen molar-refractivity contribution in [3.63, 3.8) is 0 Å². The van der Waals surface area contributed by atoms with E-state index in [1.807, 2.05) is 19.1 Å². The van der Waals surface area contributed by atoms with Crippen LogP contribution in [0, 0.1) is 18.3 Å². The minimum absolute atomic E-state index is 0.0672. The Morgan fingerprint density at radius 1 is 1.19 bits per heavy atom. The summed E-state index contributed by atoms with van der Waals surface area (Å²) in [5.74, 6) is -0.127. The van der Waals surface area contributed by atoms with Crippen LogP contribution in [0.2, 0.25) is 0 Å². The zero-order valence-electron chi connectivity index (χ0n) is 14.8. The van der Waals surface area contributed by atoms with Gasteiger partial charge in [0.1, 0.15) is 17.4 Å². The molecule has 6 heteroatoms. The van der Waals surface area contributed by atoms with Gasteiger partial charge < -0.3 is 15.4 Å². The number of nitrogens with one attached hydrogen (secondary N) is 2. The Morgan fingerprint density at radius 3 is 2.62 bits per heavy atom. The second kappa shape index (κ2) is 8.49. The molecule has 132 valence electrons. The maximum atomic E-state index is 12.4. The second-order valence-electron chi connectivity index (χ2n) is 5.61. The number of benzene rings is 2. The SMILES string of the molecule is COc1ccc(C)cc1NC(=O)/C(C#N)=C\Nc1cccc(C(C)=O)c1. The summed E-state index contributed by atoms with van der Waals surface area (Å²) >= 11 is 0. The first-order valence-electron chi connectivity index (χ1n) is 7.88. The molecule has 0 fully saturated rings. The summed E-state index contributed by atoms with van der Waals surface area (Å²) in [6, 6.07) is 14.0. The van der Waals surface area contributed by atoms with Gasteiger partial charge in [0.05, 0.1) is 12.8 Å². The van der Waals surface area contributed by atoms with Crippen molar-refractivity contribution in [2.45, 2.75) is 13.8 Å². The molecule has 0 aliphatic carbocycles. The Balaban J connectivity index is 2.17. The highest BCUT2D eigenvalue weighted by molar-refractivity contribution is 6.07. The van der Waals surface area contributed by atoms with Gasteiger partial charge in [-0.05, 0) is 43.7 Å². The van der Waals surface area contributed by atoms with Crippen molar-refractivity contribution in [3.05, 3.63) is 65.4 Å². The minimum Gasteiger partial charge on any atom is -0.495 e. The monoisotopic (exact) mass is 349 g/mol. The summed E-state index contributed by atoms with van der Waals surface area (Å²) in [4.78, 5) is 23.8. The molecular weight excluding hydrogens is 330 g/mol. The van der Waals surface area contributed by atoms with E-state index in [0.29, 0.717) is 22.7 Å². The Hall–Kier alpha value is -3.59. The molecule has 6 nitrogen and oxygen atoms in total. The number of anilines is 2. The molecule has 0 unspecified atom stereocenters. The van der Waals surface area contributed by atoms with Gasteiger partial charge in [0, 0.05) is 17.5 Å². The molecule has 0 spiro atoms. The third-order valence-electron chi connectivity index (χ3n) is 3.62. The van der Waals surface area contributed by atoms with Gasteiger partial charge in [0.15, 0.2) is 5.78 Å². The minimum atomic E-state index is -0.563. The lowest BCUT2D eigenvalue weighted by Gasteiger charge is -2.11. The van der Waals surface area contributed by atoms with Crippen molar-refractivity contribution < 1.29 is 14.3 Å². The molecule has 0 aromatic heterocycles. The first-order valence-corrected chi connectivity index (χ1v) is 7.88. The number of methoxy groups -OCH3 is 1. The second-order valence-corrected chi connectivity index (χ2v) is 5.61. The van der Waals surface area contributed by atoms with Crippen LogP contribution in [0.1, 0.15) is 22.8 Å². The summed E-state index contributed by atoms with van der Waals surface area (Å²) in [5.41, 5.74) is 2.46. The number of nitriles is 1. The molecule has 0 saturated carbocycles. The zero-order chi connectivity index (χ0) is 19.1. The molecule has 0 radical (unpaired) electrons. The van der Waals surface area contributed by atoms with Crippen LogP contribution in [0.5, 0.6) is 5.75 Å². The summed E-state index contributed by atoms with van der Waals surface area (Å²) in [6.07, 6.45) is 1.30. The van der Waals surface area contributed by atoms with Gasteiger partial charge in [-0.1, -0.05) is 18.2 Å². The normalized spacial score (nSPS) is 10.6. The smallest absolute Gasteiger partial charge is 0.267 e. The highest BCUT2D eigenvalue weighted by Crippen LogP contribution is 2.25. The molecule has 2 aromatic carbocycles. The molecule has 0 atom stereocenters. The van der Waals surface area contributed by atoms with E-state index in [1.54, 1.807) is 36.4 Å². The predicted molar refractivity (Wildman–Crippen MR) is 100 cm³/mol. The molecule has 26 heavy (non-hydrogen) atoms. The van der Waals surface area contributed by atoms with Crippen molar-refractivity contribution in [1.29, 1.82) is 5.26 Å². The largest absolute Gasteiger partial charge is 0.495 e. The lowest BCUT2D eigenvalue weighted by atomic mass is 10.1. The van der Waals surface area contributed by atoms with Gasteiger partial charge >= 0.3 is 0 Å². The van der Waals surface area contributed by atoms with Gasteiger partial charge in [0.25, 0.3) is 5.91 Å². The number of hydrogen-bond acceptors (Lipinski definition) is 5. The summed E-state index contributed by atoms with van der Waals surface area (Å²) in [6.45, 7) is 3.36. The van der Waals surface area contributed by atoms with E-state index in [0.717, 1.165) is 5.56 Å². The molecule has 2 rings (SSSR count). The molecular formula is C20H19N3O3. The number of nitrogens with zero attached hydrogens (tertiary/aromatic N) is 1. The maximum absolute atomic E-state index is 12.4. The van der Waals surface area contributed by atoms with Crippen molar-refractivity contribution in [2.24, 2.45) is 0 Å². The standard InChI is InChI=1S/C20H19N3O3/c1-13-7-8-19(26-3)18(9-13)23-20(25)16(11-21)12-22-17-6-4-5-15(10-17)14(2)24/h4-10,12,22H,1-3H3,(H,23,25)/b16-12-. The number of carbonyl (C=O) groups excluding carboxylic acids is 2. The van der Waals surface area contributed by atoms with Crippen LogP contribution in [-0.4, -0.2) is 18.8 Å². The van der Waals surface area contributed by atoms with E-state index in [1.165, 1.54) is 20.2 Å². The van der Waals surface area contributed by atoms with Gasteiger partial charge in [-0.15, -0.1) is 0 Å². The highest BCUT2D eigenvalue weighted by atomic mass is 16.5. The van der Waals surface area contributed by atoms with Crippen molar-refractivity contribution >= 4 is 23.1 Å². The summed E-state index contributed by atoms with van der Waals surface area (Å²) in [5, 5.41) is 14.8. The van der Waals surface area contributed by atoms with E-state index in [2.05, 4.69) is 10.6 Å². The van der Waals surface area contributed by atoms with Crippen LogP contribution in [0.4, 0.5) is 11.4 Å². The van der Waals surface area contributed by atoms with Gasteiger partial charge in [-0.25, -0.2) is 0 Å². The molecule has 0 aliphatic heterocycles. The van der Waals surface area contributed by atoms with Crippen molar-refractivity contribution in [2.75, 3.05) is 17.7 Å². The number of aryl methyl sites for hydroxylation is 1. The Labute approximate surface area is 152 Å². The number of hydrogen-bond donors (Lipinski definition) is 2. The average Bonchev–Trinajstić information content (AvgIpc) is 2.62. The van der Waals surface area contributed by atoms with Crippen LogP contribution in [0.15, 0.2) is 54.2 Å². The number of amides is 1. The van der Waals surface area contributed by atoms with E-state index in [4.69, 9.17) is 4.74 Å². The molecule has 2 aromatic rings. The lowest BCUT2D eigenvalue weighted by molar-refractivity contribution is -0.112. The Kier molecular flexibility index (Phi) is 6.12. The van der Waals surface area contributed by atoms with Crippen LogP contribution in [-0.2, 0) is 4.79 Å². The summed E-state index contributed by atoms with van der Waals surface area (Å²) in [7, 11) is 1.50. The topological polar surface area (TPSA) is 91.2 Å². The molecule has 2 N–H and O–H groups in total. The lowest BCUT2D eigenvalue weighted by Crippen LogP contribution is -2.15. The fraction of sp³-hybridized carbons (Fsp3) is 0.150. The predicted octanol–water partition coefficient (Wildman–Crippen LogP) is 3.66. The number of carbonyl (C=O) groups is 2. The zero-order valence-corrected chi connectivity index (χ0v) is 14.8. The first kappa shape index (κ1) is 18.7. The quantitative estimate of drug-likeness (QED) is 0.472. The Morgan fingerprint density at radius 2 is 1.96 bits per heavy atom. The Bertz CT molecular complexity index is 911. The molecule has 1 amide bonds. The van der Waals surface area contributed by atoms with E-state index >= 15 is 0 Å². The van der Waals surface area contributed by atoms with E-state index in [9.17, 15) is 14.9 Å². The fourth-order valence-electron chi connectivity index (χ4n) is 2.24. The van der Waals surface area contributed by atoms with Gasteiger partial charge in [-0.2, -0.15) is 5.26 Å². The van der Waals surface area contributed by atoms with E-state index in [-0.39, 0.29) is 11.4 Å². The average molecular weight is 349 g/mol. The van der Waals surface area contributed by atoms with Crippen molar-refractivity contribution in [1.82, 2.24) is 0 Å². The van der Waals surface area contributed by atoms with Crippen molar-refractivity contribution in [3.8, 4) is 11.8 Å². The highest BCUT2D eigenvalue weighted by Gasteiger charge is 2.12. The molecule has 0 saturated heterocycles. The molecule has 0 aliphatic rings. The number of ketones is 1. The van der Waals surface area contributed by atoms with Crippen LogP contribution in [0.25, 0.3) is 0 Å². The van der Waals surface area contributed by atoms with E-state index < -0.39 is 5.91 Å². The third-order valence-corrected chi connectivity index (χ3v) is 3.62. The molecule has 0 bridgehead atoms. The number of Topliss-reactive ketones (excluding diaryl/α,β-unsaturated/α-hetero) is 1.